The van der Waals surface area contributed by atoms with Crippen LogP contribution in [0.3, 0.4) is 0 Å². The number of alkyl halides is 1. The molecule has 15 heavy (non-hydrogen) atoms. The predicted molar refractivity (Wildman–Crippen MR) is 54.0 cm³/mol. The molecule has 0 radical (unpaired) electrons. The van der Waals surface area contributed by atoms with Gasteiger partial charge in [-0.25, -0.2) is 8.78 Å². The Bertz CT molecular complexity index is 391. The second-order valence-corrected chi connectivity index (χ2v) is 4.53. The van der Waals surface area contributed by atoms with Gasteiger partial charge in [-0.05, 0) is 35.6 Å². The summed E-state index contributed by atoms with van der Waals surface area (Å²) in [6.07, 6.45) is -0.105. The van der Waals surface area contributed by atoms with Crippen LogP contribution in [-0.4, -0.2) is 13.1 Å². The van der Waals surface area contributed by atoms with Gasteiger partial charge in [-0.15, -0.1) is 0 Å². The number of benzene rings is 1. The van der Waals surface area contributed by atoms with Crippen LogP contribution in [-0.2, 0) is 0 Å². The van der Waals surface area contributed by atoms with Crippen molar-refractivity contribution in [3.8, 4) is 0 Å². The first kappa shape index (κ1) is 9.28. The van der Waals surface area contributed by atoms with Crippen LogP contribution in [0, 0.1) is 11.7 Å². The van der Waals surface area contributed by atoms with Crippen LogP contribution in [0.4, 0.5) is 8.78 Å². The lowest BCUT2D eigenvalue weighted by Gasteiger charge is -2.38. The van der Waals surface area contributed by atoms with Gasteiger partial charge >= 0.3 is 0 Å². The standard InChI is InChI=1S/C12H13F2N/c13-9-1-2-10-7-3-8(6-15-5-7)12(14)11(10)4-9/h1-2,4,7-8,12,15H,3,5-6H2. The van der Waals surface area contributed by atoms with Gasteiger partial charge in [0.1, 0.15) is 12.0 Å². The maximum absolute atomic E-state index is 14.0. The lowest BCUT2D eigenvalue weighted by atomic mass is 9.73. The summed E-state index contributed by atoms with van der Waals surface area (Å²) in [5.74, 6) is 0.0636. The van der Waals surface area contributed by atoms with Crippen LogP contribution in [0.15, 0.2) is 18.2 Å². The van der Waals surface area contributed by atoms with Crippen molar-refractivity contribution < 1.29 is 8.78 Å². The normalized spacial score (nSPS) is 33.6. The molecule has 0 aromatic heterocycles. The van der Waals surface area contributed by atoms with E-state index in [0.29, 0.717) is 18.0 Å². The van der Waals surface area contributed by atoms with Crippen molar-refractivity contribution in [2.75, 3.05) is 13.1 Å². The van der Waals surface area contributed by atoms with E-state index in [1.165, 1.54) is 12.1 Å². The summed E-state index contributed by atoms with van der Waals surface area (Å²) in [5.41, 5.74) is 1.57. The zero-order valence-electron chi connectivity index (χ0n) is 8.34. The summed E-state index contributed by atoms with van der Waals surface area (Å²) < 4.78 is 27.1. The Kier molecular flexibility index (Phi) is 2.02. The molecule has 80 valence electrons. The molecular weight excluding hydrogens is 196 g/mol. The number of piperidine rings is 1. The number of fused-ring (bicyclic) bond motifs is 4. The molecule has 3 atom stereocenters. The number of nitrogens with one attached hydrogen (secondary N) is 1. The van der Waals surface area contributed by atoms with Crippen LogP contribution in [0.1, 0.15) is 29.6 Å². The predicted octanol–water partition coefficient (Wildman–Crippen LogP) is 2.54. The summed E-state index contributed by atoms with van der Waals surface area (Å²) in [7, 11) is 0. The Balaban J connectivity index is 2.11. The van der Waals surface area contributed by atoms with Crippen molar-refractivity contribution >= 4 is 0 Å². The smallest absolute Gasteiger partial charge is 0.130 e. The third kappa shape index (κ3) is 1.37. The highest BCUT2D eigenvalue weighted by atomic mass is 19.1. The molecule has 1 nitrogen and oxygen atoms in total. The number of hydrogen-bond acceptors (Lipinski definition) is 1. The fourth-order valence-electron chi connectivity index (χ4n) is 2.85. The molecule has 2 bridgehead atoms. The topological polar surface area (TPSA) is 12.0 Å². The van der Waals surface area contributed by atoms with Gasteiger partial charge in [0, 0.05) is 19.0 Å². The molecule has 1 N–H and O–H groups in total. The molecule has 1 aromatic carbocycles. The first-order valence-electron chi connectivity index (χ1n) is 5.40. The van der Waals surface area contributed by atoms with Gasteiger partial charge in [0.05, 0.1) is 0 Å². The minimum atomic E-state index is -1.00. The SMILES string of the molecule is Fc1ccc2c(c1)C(F)C1CNCC2C1. The van der Waals surface area contributed by atoms with E-state index in [1.54, 1.807) is 6.07 Å². The minimum absolute atomic E-state index is 0.0260. The first-order chi connectivity index (χ1) is 7.25. The maximum Gasteiger partial charge on any atom is 0.130 e. The van der Waals surface area contributed by atoms with E-state index in [-0.39, 0.29) is 11.7 Å². The van der Waals surface area contributed by atoms with Crippen LogP contribution in [0.2, 0.25) is 0 Å². The Morgan fingerprint density at radius 1 is 1.20 bits per heavy atom. The maximum atomic E-state index is 14.0. The largest absolute Gasteiger partial charge is 0.316 e. The molecule has 0 saturated carbocycles. The monoisotopic (exact) mass is 209 g/mol. The fraction of sp³-hybridized carbons (Fsp3) is 0.500. The molecule has 3 unspecified atom stereocenters. The summed E-state index contributed by atoms with van der Waals surface area (Å²) in [4.78, 5) is 0. The molecule has 1 heterocycles. The van der Waals surface area contributed by atoms with Gasteiger partial charge in [-0.2, -0.15) is 0 Å². The van der Waals surface area contributed by atoms with Crippen LogP contribution < -0.4 is 5.32 Å². The molecule has 1 aliphatic heterocycles. The summed E-state index contributed by atoms with van der Waals surface area (Å²) in [6, 6.07) is 4.54. The highest BCUT2D eigenvalue weighted by Crippen LogP contribution is 2.44. The quantitative estimate of drug-likeness (QED) is 0.692. The molecular formula is C12H13F2N. The zero-order chi connectivity index (χ0) is 10.4. The van der Waals surface area contributed by atoms with Crippen molar-refractivity contribution in [2.24, 2.45) is 5.92 Å². The van der Waals surface area contributed by atoms with E-state index in [0.717, 1.165) is 18.5 Å². The molecule has 1 fully saturated rings. The fourth-order valence-corrected chi connectivity index (χ4v) is 2.85. The minimum Gasteiger partial charge on any atom is -0.316 e. The van der Waals surface area contributed by atoms with Gasteiger partial charge in [-0.1, -0.05) is 6.07 Å². The van der Waals surface area contributed by atoms with Gasteiger partial charge in [-0.3, -0.25) is 0 Å². The Morgan fingerprint density at radius 3 is 2.93 bits per heavy atom. The van der Waals surface area contributed by atoms with Gasteiger partial charge in [0.2, 0.25) is 0 Å². The molecule has 0 spiro atoms. The second kappa shape index (κ2) is 3.27. The zero-order valence-corrected chi connectivity index (χ0v) is 8.34. The van der Waals surface area contributed by atoms with Crippen molar-refractivity contribution in [1.29, 1.82) is 0 Å². The van der Waals surface area contributed by atoms with E-state index in [9.17, 15) is 8.78 Å². The molecule has 2 aliphatic rings. The summed E-state index contributed by atoms with van der Waals surface area (Å²) >= 11 is 0. The van der Waals surface area contributed by atoms with Crippen LogP contribution in [0.5, 0.6) is 0 Å². The number of halogens is 2. The van der Waals surface area contributed by atoms with E-state index in [4.69, 9.17) is 0 Å². The first-order valence-corrected chi connectivity index (χ1v) is 5.40. The van der Waals surface area contributed by atoms with Crippen molar-refractivity contribution in [1.82, 2.24) is 5.32 Å². The van der Waals surface area contributed by atoms with Crippen molar-refractivity contribution in [3.63, 3.8) is 0 Å². The second-order valence-electron chi connectivity index (χ2n) is 4.53. The Labute approximate surface area is 87.5 Å². The van der Waals surface area contributed by atoms with Gasteiger partial charge in [0.25, 0.3) is 0 Å². The van der Waals surface area contributed by atoms with E-state index < -0.39 is 6.17 Å². The summed E-state index contributed by atoms with van der Waals surface area (Å²) in [5, 5.41) is 3.24. The number of hydrogen-bond donors (Lipinski definition) is 1. The Morgan fingerprint density at radius 2 is 2.07 bits per heavy atom. The molecule has 0 amide bonds. The van der Waals surface area contributed by atoms with Gasteiger partial charge in [0.15, 0.2) is 0 Å². The highest BCUT2D eigenvalue weighted by Gasteiger charge is 2.37. The van der Waals surface area contributed by atoms with Gasteiger partial charge < -0.3 is 5.32 Å². The molecule has 1 saturated heterocycles. The lowest BCUT2D eigenvalue weighted by Crippen LogP contribution is -2.40. The van der Waals surface area contributed by atoms with E-state index >= 15 is 0 Å². The third-order valence-corrected chi connectivity index (χ3v) is 3.58. The van der Waals surface area contributed by atoms with Crippen molar-refractivity contribution in [3.05, 3.63) is 35.1 Å². The average molecular weight is 209 g/mol. The van der Waals surface area contributed by atoms with Crippen LogP contribution >= 0.6 is 0 Å². The number of rotatable bonds is 0. The molecule has 1 aromatic rings. The summed E-state index contributed by atoms with van der Waals surface area (Å²) in [6.45, 7) is 1.61. The molecule has 1 aliphatic carbocycles. The molecule has 3 rings (SSSR count). The van der Waals surface area contributed by atoms with E-state index in [2.05, 4.69) is 5.32 Å². The Hall–Kier alpha value is -0.960. The van der Waals surface area contributed by atoms with Crippen LogP contribution in [0.25, 0.3) is 0 Å². The third-order valence-electron chi connectivity index (χ3n) is 3.58. The van der Waals surface area contributed by atoms with Crippen molar-refractivity contribution in [2.45, 2.75) is 18.5 Å². The van der Waals surface area contributed by atoms with E-state index in [1.807, 2.05) is 0 Å². The highest BCUT2D eigenvalue weighted by molar-refractivity contribution is 5.36. The average Bonchev–Trinajstić information content (AvgIpc) is 2.27. The molecule has 3 heteroatoms. The lowest BCUT2D eigenvalue weighted by molar-refractivity contribution is 0.162.